The number of anilines is 1. The van der Waals surface area contributed by atoms with E-state index in [2.05, 4.69) is 14.9 Å². The number of aliphatic hydroxyl groups excluding tert-OH is 3. The smallest absolute Gasteiger partial charge is 0.132 e. The van der Waals surface area contributed by atoms with E-state index < -0.39 is 6.10 Å². The quantitative estimate of drug-likeness (QED) is 0.655. The molecule has 3 N–H and O–H groups in total. The number of β-amino-alcohol motifs (C(OH)–C–C–N with tert-alkyl or cyclic N) is 1. The maximum Gasteiger partial charge on any atom is 0.132 e. The molecule has 3 rings (SSSR count). The molecule has 0 radical (unpaired) electrons. The van der Waals surface area contributed by atoms with Crippen LogP contribution in [0.3, 0.4) is 0 Å². The summed E-state index contributed by atoms with van der Waals surface area (Å²) in [6.07, 6.45) is 3.45. The van der Waals surface area contributed by atoms with Crippen molar-refractivity contribution in [3.63, 3.8) is 0 Å². The van der Waals surface area contributed by atoms with Crippen molar-refractivity contribution in [1.29, 1.82) is 0 Å². The molecule has 1 aromatic heterocycles. The van der Waals surface area contributed by atoms with Gasteiger partial charge < -0.3 is 20.2 Å². The van der Waals surface area contributed by atoms with Gasteiger partial charge in [-0.15, -0.1) is 0 Å². The molecule has 0 unspecified atom stereocenters. The number of aliphatic hydroxyl groups is 3. The van der Waals surface area contributed by atoms with Crippen LogP contribution in [-0.2, 0) is 0 Å². The van der Waals surface area contributed by atoms with E-state index in [-0.39, 0.29) is 19.3 Å². The lowest BCUT2D eigenvalue weighted by Gasteiger charge is -2.28. The van der Waals surface area contributed by atoms with E-state index >= 15 is 0 Å². The van der Waals surface area contributed by atoms with Gasteiger partial charge in [-0.3, -0.25) is 4.90 Å². The Kier molecular flexibility index (Phi) is 4.87. The first-order valence-electron chi connectivity index (χ1n) is 7.92. The second kappa shape index (κ2) is 6.87. The standard InChI is InChI=1S/C15H24N4O3/c20-8-12(9-21)18-3-4-19(7-13(22)6-18)15-5-14(11-1-2-11)16-10-17-15/h5,10-13,20-22H,1-4,6-9H2/t13-/m0/s1. The molecule has 1 atom stereocenters. The molecule has 1 saturated heterocycles. The van der Waals surface area contributed by atoms with Crippen LogP contribution in [0.4, 0.5) is 5.82 Å². The van der Waals surface area contributed by atoms with Crippen molar-refractivity contribution in [1.82, 2.24) is 14.9 Å². The van der Waals surface area contributed by atoms with Gasteiger partial charge in [0.15, 0.2) is 0 Å². The van der Waals surface area contributed by atoms with Crippen LogP contribution < -0.4 is 4.90 Å². The van der Waals surface area contributed by atoms with Gasteiger partial charge in [0, 0.05) is 43.9 Å². The zero-order valence-corrected chi connectivity index (χ0v) is 12.7. The van der Waals surface area contributed by atoms with Gasteiger partial charge in [0.2, 0.25) is 0 Å². The molecule has 2 aliphatic rings. The summed E-state index contributed by atoms with van der Waals surface area (Å²) in [5.74, 6) is 1.42. The van der Waals surface area contributed by atoms with Crippen molar-refractivity contribution in [2.75, 3.05) is 44.3 Å². The molecule has 0 amide bonds. The van der Waals surface area contributed by atoms with Crippen LogP contribution in [-0.4, -0.2) is 81.7 Å². The Morgan fingerprint density at radius 1 is 1.14 bits per heavy atom. The van der Waals surface area contributed by atoms with Crippen LogP contribution in [0.5, 0.6) is 0 Å². The predicted octanol–water partition coefficient (Wildman–Crippen LogP) is -0.810. The second-order valence-corrected chi connectivity index (χ2v) is 6.19. The van der Waals surface area contributed by atoms with Crippen molar-refractivity contribution in [2.45, 2.75) is 30.9 Å². The number of nitrogens with zero attached hydrogens (tertiary/aromatic N) is 4. The van der Waals surface area contributed by atoms with E-state index in [4.69, 9.17) is 0 Å². The van der Waals surface area contributed by atoms with Gasteiger partial charge in [-0.1, -0.05) is 0 Å². The molecule has 2 heterocycles. The molecule has 22 heavy (non-hydrogen) atoms. The summed E-state index contributed by atoms with van der Waals surface area (Å²) < 4.78 is 0. The van der Waals surface area contributed by atoms with Gasteiger partial charge in [-0.05, 0) is 12.8 Å². The monoisotopic (exact) mass is 308 g/mol. The number of hydrogen-bond acceptors (Lipinski definition) is 7. The van der Waals surface area contributed by atoms with E-state index in [1.807, 2.05) is 11.0 Å². The first kappa shape index (κ1) is 15.6. The van der Waals surface area contributed by atoms with Crippen LogP contribution in [0.25, 0.3) is 0 Å². The van der Waals surface area contributed by atoms with Gasteiger partial charge >= 0.3 is 0 Å². The third-order valence-corrected chi connectivity index (χ3v) is 4.46. The lowest BCUT2D eigenvalue weighted by Crippen LogP contribution is -2.44. The fraction of sp³-hybridized carbons (Fsp3) is 0.733. The Morgan fingerprint density at radius 2 is 1.91 bits per heavy atom. The number of rotatable bonds is 5. The summed E-state index contributed by atoms with van der Waals surface area (Å²) >= 11 is 0. The van der Waals surface area contributed by atoms with Crippen molar-refractivity contribution in [3.8, 4) is 0 Å². The molecule has 7 heteroatoms. The van der Waals surface area contributed by atoms with Crippen LogP contribution in [0, 0.1) is 0 Å². The number of hydrogen-bond donors (Lipinski definition) is 3. The lowest BCUT2D eigenvalue weighted by molar-refractivity contribution is 0.0483. The Hall–Kier alpha value is -1.28. The summed E-state index contributed by atoms with van der Waals surface area (Å²) in [7, 11) is 0. The Bertz CT molecular complexity index is 493. The van der Waals surface area contributed by atoms with Crippen LogP contribution >= 0.6 is 0 Å². The van der Waals surface area contributed by atoms with E-state index in [1.165, 1.54) is 12.8 Å². The molecule has 0 bridgehead atoms. The summed E-state index contributed by atoms with van der Waals surface area (Å²) in [6.45, 7) is 2.11. The molecule has 1 aliphatic carbocycles. The molecule has 7 nitrogen and oxygen atoms in total. The SMILES string of the molecule is OCC(CO)N1CCN(c2cc(C3CC3)ncn2)C[C@@H](O)C1. The Morgan fingerprint density at radius 3 is 2.59 bits per heavy atom. The fourth-order valence-electron chi connectivity index (χ4n) is 2.98. The zero-order chi connectivity index (χ0) is 15.5. The molecule has 1 aromatic rings. The summed E-state index contributed by atoms with van der Waals surface area (Å²) in [5, 5.41) is 28.9. The highest BCUT2D eigenvalue weighted by Gasteiger charge is 2.28. The average Bonchev–Trinajstić information content (AvgIpc) is 3.36. The minimum atomic E-state index is -0.539. The van der Waals surface area contributed by atoms with Crippen LogP contribution in [0.1, 0.15) is 24.5 Å². The van der Waals surface area contributed by atoms with Crippen LogP contribution in [0.2, 0.25) is 0 Å². The summed E-state index contributed by atoms with van der Waals surface area (Å²) in [4.78, 5) is 12.7. The van der Waals surface area contributed by atoms with Crippen molar-refractivity contribution in [3.05, 3.63) is 18.1 Å². The topological polar surface area (TPSA) is 93.0 Å². The molecule has 1 aliphatic heterocycles. The van der Waals surface area contributed by atoms with E-state index in [1.54, 1.807) is 6.33 Å². The fourth-order valence-corrected chi connectivity index (χ4v) is 2.98. The van der Waals surface area contributed by atoms with Gasteiger partial charge in [-0.2, -0.15) is 0 Å². The maximum absolute atomic E-state index is 10.2. The minimum Gasteiger partial charge on any atom is -0.395 e. The van der Waals surface area contributed by atoms with Crippen LogP contribution in [0.15, 0.2) is 12.4 Å². The Balaban J connectivity index is 1.71. The van der Waals surface area contributed by atoms with Crippen molar-refractivity contribution >= 4 is 5.82 Å². The highest BCUT2D eigenvalue weighted by Crippen LogP contribution is 2.39. The molecule has 2 fully saturated rings. The largest absolute Gasteiger partial charge is 0.395 e. The number of aromatic nitrogens is 2. The van der Waals surface area contributed by atoms with E-state index in [0.29, 0.717) is 32.1 Å². The van der Waals surface area contributed by atoms with Gasteiger partial charge in [0.05, 0.1) is 25.4 Å². The normalized spacial score (nSPS) is 23.8. The molecular weight excluding hydrogens is 284 g/mol. The summed E-state index contributed by atoms with van der Waals surface area (Å²) in [5.41, 5.74) is 1.09. The lowest BCUT2D eigenvalue weighted by atomic mass is 10.2. The van der Waals surface area contributed by atoms with Crippen molar-refractivity contribution < 1.29 is 15.3 Å². The second-order valence-electron chi connectivity index (χ2n) is 6.19. The van der Waals surface area contributed by atoms with E-state index in [9.17, 15) is 15.3 Å². The molecule has 122 valence electrons. The molecule has 1 saturated carbocycles. The third-order valence-electron chi connectivity index (χ3n) is 4.46. The zero-order valence-electron chi connectivity index (χ0n) is 12.7. The predicted molar refractivity (Wildman–Crippen MR) is 81.8 cm³/mol. The maximum atomic E-state index is 10.2. The van der Waals surface area contributed by atoms with Gasteiger partial charge in [-0.25, -0.2) is 9.97 Å². The highest BCUT2D eigenvalue weighted by molar-refractivity contribution is 5.41. The van der Waals surface area contributed by atoms with Gasteiger partial charge in [0.25, 0.3) is 0 Å². The highest BCUT2D eigenvalue weighted by atomic mass is 16.3. The molecule has 0 spiro atoms. The first-order chi connectivity index (χ1) is 10.7. The van der Waals surface area contributed by atoms with Crippen molar-refractivity contribution in [2.24, 2.45) is 0 Å². The third kappa shape index (κ3) is 3.55. The van der Waals surface area contributed by atoms with E-state index in [0.717, 1.165) is 11.5 Å². The molecular formula is C15H24N4O3. The minimum absolute atomic E-state index is 0.109. The molecule has 0 aromatic carbocycles. The van der Waals surface area contributed by atoms with Gasteiger partial charge in [0.1, 0.15) is 12.1 Å². The average molecular weight is 308 g/mol. The summed E-state index contributed by atoms with van der Waals surface area (Å²) in [6, 6.07) is 1.71. The Labute approximate surface area is 130 Å². The first-order valence-corrected chi connectivity index (χ1v) is 7.92.